The molecule has 0 unspecified atom stereocenters. The number of nitrogens with zero attached hydrogens (tertiary/aromatic N) is 2. The first-order valence-corrected chi connectivity index (χ1v) is 8.49. The van der Waals surface area contributed by atoms with Crippen LogP contribution in [0.2, 0.25) is 0 Å². The maximum atomic E-state index is 12.6. The van der Waals surface area contributed by atoms with Gasteiger partial charge in [0.2, 0.25) is 0 Å². The quantitative estimate of drug-likeness (QED) is 0.906. The van der Waals surface area contributed by atoms with Crippen molar-refractivity contribution in [3.8, 4) is 0 Å². The molecule has 1 aromatic carbocycles. The van der Waals surface area contributed by atoms with Gasteiger partial charge >= 0.3 is 0 Å². The third kappa shape index (κ3) is 2.91. The number of hydrogen-bond donors (Lipinski definition) is 2. The molecule has 0 radical (unpaired) electrons. The lowest BCUT2D eigenvalue weighted by molar-refractivity contribution is 0.0945. The van der Waals surface area contributed by atoms with E-state index < -0.39 is 0 Å². The molecular weight excluding hydrogens is 304 g/mol. The van der Waals surface area contributed by atoms with Crippen molar-refractivity contribution in [3.05, 3.63) is 47.5 Å². The Balaban J connectivity index is 1.63. The number of aromatic nitrogens is 2. The molecule has 0 spiro atoms. The Kier molecular flexibility index (Phi) is 3.80. The minimum Gasteiger partial charge on any atom is -0.348 e. The van der Waals surface area contributed by atoms with Gasteiger partial charge in [-0.05, 0) is 44.2 Å². The van der Waals surface area contributed by atoms with Crippen molar-refractivity contribution < 1.29 is 9.59 Å². The van der Waals surface area contributed by atoms with Crippen molar-refractivity contribution in [2.24, 2.45) is 0 Å². The Morgan fingerprint density at radius 1 is 1.08 bits per heavy atom. The van der Waals surface area contributed by atoms with E-state index in [1.54, 1.807) is 0 Å². The van der Waals surface area contributed by atoms with Gasteiger partial charge in [-0.2, -0.15) is 0 Å². The van der Waals surface area contributed by atoms with Crippen molar-refractivity contribution in [1.82, 2.24) is 14.9 Å². The molecule has 2 aromatic rings. The summed E-state index contributed by atoms with van der Waals surface area (Å²) in [7, 11) is 0. The highest BCUT2D eigenvalue weighted by atomic mass is 16.2. The van der Waals surface area contributed by atoms with Crippen LogP contribution >= 0.6 is 0 Å². The second-order valence-electron chi connectivity index (χ2n) is 6.41. The summed E-state index contributed by atoms with van der Waals surface area (Å²) >= 11 is 0. The molecule has 1 aromatic heterocycles. The number of para-hydroxylation sites is 1. The Morgan fingerprint density at radius 3 is 2.62 bits per heavy atom. The lowest BCUT2D eigenvalue weighted by Gasteiger charge is -2.17. The van der Waals surface area contributed by atoms with E-state index in [0.717, 1.165) is 50.0 Å². The Labute approximate surface area is 140 Å². The zero-order valence-electron chi connectivity index (χ0n) is 13.4. The van der Waals surface area contributed by atoms with Gasteiger partial charge in [-0.25, -0.2) is 4.98 Å². The van der Waals surface area contributed by atoms with Crippen molar-refractivity contribution in [3.63, 3.8) is 0 Å². The third-order valence-corrected chi connectivity index (χ3v) is 4.48. The van der Waals surface area contributed by atoms with Gasteiger partial charge in [-0.15, -0.1) is 0 Å². The molecule has 2 N–H and O–H groups in total. The molecule has 2 amide bonds. The number of fused-ring (bicyclic) bond motifs is 1. The summed E-state index contributed by atoms with van der Waals surface area (Å²) in [6, 6.07) is 9.57. The zero-order chi connectivity index (χ0) is 16.5. The number of benzene rings is 1. The molecule has 1 fully saturated rings. The lowest BCUT2D eigenvalue weighted by Crippen LogP contribution is -2.27. The fourth-order valence-corrected chi connectivity index (χ4v) is 3.09. The van der Waals surface area contributed by atoms with E-state index in [1.165, 1.54) is 0 Å². The molecule has 2 aliphatic rings. The first-order valence-electron chi connectivity index (χ1n) is 8.49. The number of amides is 2. The summed E-state index contributed by atoms with van der Waals surface area (Å²) in [4.78, 5) is 29.5. The van der Waals surface area contributed by atoms with Gasteiger partial charge < -0.3 is 15.2 Å². The first kappa shape index (κ1) is 14.9. The molecule has 6 heteroatoms. The van der Waals surface area contributed by atoms with Gasteiger partial charge in [-0.3, -0.25) is 9.59 Å². The average molecular weight is 324 g/mol. The second kappa shape index (κ2) is 6.11. The summed E-state index contributed by atoms with van der Waals surface area (Å²) < 4.78 is 1.91. The number of rotatable bonds is 4. The van der Waals surface area contributed by atoms with E-state index >= 15 is 0 Å². The predicted molar refractivity (Wildman–Crippen MR) is 90.0 cm³/mol. The Hall–Kier alpha value is -2.63. The van der Waals surface area contributed by atoms with Gasteiger partial charge in [0.05, 0.1) is 5.69 Å². The smallest absolute Gasteiger partial charge is 0.291 e. The number of hydrogen-bond acceptors (Lipinski definition) is 3. The molecular formula is C18H20N4O2. The third-order valence-electron chi connectivity index (χ3n) is 4.48. The molecule has 6 nitrogen and oxygen atoms in total. The monoisotopic (exact) mass is 324 g/mol. The normalized spacial score (nSPS) is 16.3. The molecule has 0 saturated heterocycles. The number of imidazole rings is 1. The van der Waals surface area contributed by atoms with Gasteiger partial charge in [0, 0.05) is 18.3 Å². The molecule has 124 valence electrons. The molecule has 0 atom stereocenters. The molecule has 4 rings (SSSR count). The van der Waals surface area contributed by atoms with E-state index in [0.29, 0.717) is 11.5 Å². The largest absolute Gasteiger partial charge is 0.348 e. The van der Waals surface area contributed by atoms with Gasteiger partial charge in [0.25, 0.3) is 11.8 Å². The first-order chi connectivity index (χ1) is 11.7. The summed E-state index contributed by atoms with van der Waals surface area (Å²) in [6.45, 7) is 0.733. The van der Waals surface area contributed by atoms with E-state index in [2.05, 4.69) is 15.6 Å². The van der Waals surface area contributed by atoms with Crippen LogP contribution in [-0.4, -0.2) is 27.4 Å². The SMILES string of the molecule is O=C(NC1CC1)c1nc(C(=O)Nc2ccccc2)n2c1CCCC2. The second-order valence-corrected chi connectivity index (χ2v) is 6.41. The van der Waals surface area contributed by atoms with Crippen LogP contribution in [0.5, 0.6) is 0 Å². The molecule has 2 heterocycles. The number of carbonyl (C=O) groups excluding carboxylic acids is 2. The lowest BCUT2D eigenvalue weighted by atomic mass is 10.1. The van der Waals surface area contributed by atoms with Crippen molar-refractivity contribution >= 4 is 17.5 Å². The fraction of sp³-hybridized carbons (Fsp3) is 0.389. The summed E-state index contributed by atoms with van der Waals surface area (Å²) in [5, 5.41) is 5.84. The average Bonchev–Trinajstić information content (AvgIpc) is 3.32. The minimum absolute atomic E-state index is 0.151. The van der Waals surface area contributed by atoms with Crippen molar-refractivity contribution in [1.29, 1.82) is 0 Å². The van der Waals surface area contributed by atoms with Crippen molar-refractivity contribution in [2.75, 3.05) is 5.32 Å². The minimum atomic E-state index is -0.269. The highest BCUT2D eigenvalue weighted by Gasteiger charge is 2.30. The van der Waals surface area contributed by atoms with E-state index in [1.807, 2.05) is 34.9 Å². The summed E-state index contributed by atoms with van der Waals surface area (Å²) in [6.07, 6.45) is 4.87. The number of anilines is 1. The van der Waals surface area contributed by atoms with Crippen LogP contribution in [0.4, 0.5) is 5.69 Å². The molecule has 1 aliphatic carbocycles. The van der Waals surface area contributed by atoms with Crippen LogP contribution in [0.15, 0.2) is 30.3 Å². The van der Waals surface area contributed by atoms with Crippen LogP contribution in [0.3, 0.4) is 0 Å². The molecule has 0 bridgehead atoms. The summed E-state index contributed by atoms with van der Waals surface area (Å²) in [5.74, 6) is -0.0915. The number of carbonyl (C=O) groups is 2. The fourth-order valence-electron chi connectivity index (χ4n) is 3.09. The molecule has 1 aliphatic heterocycles. The zero-order valence-corrected chi connectivity index (χ0v) is 13.4. The maximum Gasteiger partial charge on any atom is 0.291 e. The Bertz CT molecular complexity index is 778. The van der Waals surface area contributed by atoms with Crippen LogP contribution in [0.1, 0.15) is 52.5 Å². The standard InChI is InChI=1S/C18H20N4O2/c23-17(19-13-9-10-13)15-14-8-4-5-11-22(14)16(21-15)18(24)20-12-6-2-1-3-7-12/h1-3,6-7,13H,4-5,8-11H2,(H,19,23)(H,20,24). The Morgan fingerprint density at radius 2 is 1.88 bits per heavy atom. The van der Waals surface area contributed by atoms with Crippen LogP contribution in [0.25, 0.3) is 0 Å². The highest BCUT2D eigenvalue weighted by Crippen LogP contribution is 2.24. The van der Waals surface area contributed by atoms with E-state index in [-0.39, 0.29) is 17.9 Å². The van der Waals surface area contributed by atoms with Gasteiger partial charge in [0.1, 0.15) is 5.69 Å². The van der Waals surface area contributed by atoms with E-state index in [9.17, 15) is 9.59 Å². The maximum absolute atomic E-state index is 12.6. The topological polar surface area (TPSA) is 76.0 Å². The highest BCUT2D eigenvalue weighted by molar-refractivity contribution is 6.03. The number of nitrogens with one attached hydrogen (secondary N) is 2. The predicted octanol–water partition coefficient (Wildman–Crippen LogP) is 2.36. The van der Waals surface area contributed by atoms with Crippen LogP contribution in [0, 0.1) is 0 Å². The molecule has 1 saturated carbocycles. The summed E-state index contributed by atoms with van der Waals surface area (Å²) in [5.41, 5.74) is 2.03. The van der Waals surface area contributed by atoms with E-state index in [4.69, 9.17) is 0 Å². The van der Waals surface area contributed by atoms with Crippen LogP contribution < -0.4 is 10.6 Å². The van der Waals surface area contributed by atoms with Gasteiger partial charge in [-0.1, -0.05) is 18.2 Å². The van der Waals surface area contributed by atoms with Crippen LogP contribution in [-0.2, 0) is 13.0 Å². The van der Waals surface area contributed by atoms with Crippen molar-refractivity contribution in [2.45, 2.75) is 44.7 Å². The van der Waals surface area contributed by atoms with Gasteiger partial charge in [0.15, 0.2) is 5.82 Å². The molecule has 24 heavy (non-hydrogen) atoms.